The van der Waals surface area contributed by atoms with Crippen molar-refractivity contribution in [3.63, 3.8) is 0 Å². The van der Waals surface area contributed by atoms with Gasteiger partial charge in [-0.1, -0.05) is 12.7 Å². The minimum atomic E-state index is -0.798. The van der Waals surface area contributed by atoms with Gasteiger partial charge in [-0.3, -0.25) is 5.32 Å². The summed E-state index contributed by atoms with van der Waals surface area (Å²) in [5.74, 6) is -1.25. The van der Waals surface area contributed by atoms with Gasteiger partial charge < -0.3 is 9.47 Å². The largest absolute Gasteiger partial charge is 0.465 e. The monoisotopic (exact) mass is 279 g/mol. The number of carbonyl (C=O) groups excluding carboxylic acids is 2. The van der Waals surface area contributed by atoms with Crippen LogP contribution in [0.15, 0.2) is 42.7 Å². The van der Waals surface area contributed by atoms with E-state index in [0.717, 1.165) is 13.2 Å². The number of esters is 1. The summed E-state index contributed by atoms with van der Waals surface area (Å²) >= 11 is 0. The van der Waals surface area contributed by atoms with Crippen molar-refractivity contribution in [2.24, 2.45) is 0 Å². The molecule has 0 heterocycles. The van der Waals surface area contributed by atoms with E-state index < -0.39 is 17.9 Å². The van der Waals surface area contributed by atoms with E-state index in [1.165, 1.54) is 24.3 Å². The van der Waals surface area contributed by atoms with E-state index in [0.29, 0.717) is 5.76 Å². The Morgan fingerprint density at radius 3 is 2.65 bits per heavy atom. The predicted molar refractivity (Wildman–Crippen MR) is 71.8 cm³/mol. The SMILES string of the molecule is C=C/C=C(/C)OC(=O)Nc1ccc(C(=O)OC)c(F)c1. The fraction of sp³-hybridized carbons (Fsp3) is 0.143. The molecule has 0 unspecified atom stereocenters. The van der Waals surface area contributed by atoms with Crippen LogP contribution in [0.2, 0.25) is 0 Å². The smallest absolute Gasteiger partial charge is 0.416 e. The molecule has 5 nitrogen and oxygen atoms in total. The fourth-order valence-corrected chi connectivity index (χ4v) is 1.36. The molecule has 0 fully saturated rings. The average Bonchev–Trinajstić information content (AvgIpc) is 2.38. The maximum Gasteiger partial charge on any atom is 0.416 e. The zero-order valence-corrected chi connectivity index (χ0v) is 11.1. The van der Waals surface area contributed by atoms with Crippen molar-refractivity contribution in [3.8, 4) is 0 Å². The summed E-state index contributed by atoms with van der Waals surface area (Å²) in [6, 6.07) is 3.58. The lowest BCUT2D eigenvalue weighted by molar-refractivity contribution is 0.0595. The van der Waals surface area contributed by atoms with E-state index in [1.807, 2.05) is 0 Å². The standard InChI is InChI=1S/C14H14FNO4/c1-4-5-9(2)20-14(18)16-10-6-7-11(12(15)8-10)13(17)19-3/h4-8H,1H2,2-3H3,(H,16,18)/b9-5-. The summed E-state index contributed by atoms with van der Waals surface area (Å²) in [6.07, 6.45) is 2.19. The highest BCUT2D eigenvalue weighted by molar-refractivity contribution is 5.91. The minimum absolute atomic E-state index is 0.159. The number of amides is 1. The third-order valence-electron chi connectivity index (χ3n) is 2.23. The first kappa shape index (κ1) is 15.4. The van der Waals surface area contributed by atoms with Crippen molar-refractivity contribution in [1.82, 2.24) is 0 Å². The summed E-state index contributed by atoms with van der Waals surface area (Å²) < 4.78 is 22.9. The number of nitrogens with one attached hydrogen (secondary N) is 1. The molecule has 0 bridgehead atoms. The zero-order chi connectivity index (χ0) is 15.1. The van der Waals surface area contributed by atoms with Gasteiger partial charge in [0, 0.05) is 5.69 Å². The molecule has 0 aliphatic carbocycles. The third-order valence-corrected chi connectivity index (χ3v) is 2.23. The Bertz CT molecular complexity index is 566. The van der Waals surface area contributed by atoms with Crippen molar-refractivity contribution >= 4 is 17.7 Å². The molecule has 1 aromatic rings. The Morgan fingerprint density at radius 2 is 2.10 bits per heavy atom. The van der Waals surface area contributed by atoms with Crippen molar-refractivity contribution in [1.29, 1.82) is 0 Å². The molecule has 1 amide bonds. The van der Waals surface area contributed by atoms with Crippen LogP contribution in [0.4, 0.5) is 14.9 Å². The molecule has 0 aliphatic heterocycles. The molecule has 0 saturated heterocycles. The molecular weight excluding hydrogens is 265 g/mol. The minimum Gasteiger partial charge on any atom is -0.465 e. The van der Waals surface area contributed by atoms with Gasteiger partial charge in [-0.15, -0.1) is 0 Å². The van der Waals surface area contributed by atoms with E-state index >= 15 is 0 Å². The van der Waals surface area contributed by atoms with E-state index in [4.69, 9.17) is 4.74 Å². The van der Waals surface area contributed by atoms with Gasteiger partial charge in [0.1, 0.15) is 11.6 Å². The molecule has 0 radical (unpaired) electrons. The lowest BCUT2D eigenvalue weighted by Gasteiger charge is -2.08. The van der Waals surface area contributed by atoms with Crippen LogP contribution in [0.3, 0.4) is 0 Å². The lowest BCUT2D eigenvalue weighted by atomic mass is 10.2. The number of hydrogen-bond donors (Lipinski definition) is 1. The number of hydrogen-bond acceptors (Lipinski definition) is 4. The number of anilines is 1. The van der Waals surface area contributed by atoms with Gasteiger partial charge in [0.2, 0.25) is 0 Å². The van der Waals surface area contributed by atoms with Gasteiger partial charge in [0.05, 0.1) is 12.7 Å². The highest BCUT2D eigenvalue weighted by atomic mass is 19.1. The van der Waals surface area contributed by atoms with Gasteiger partial charge in [0.25, 0.3) is 0 Å². The van der Waals surface area contributed by atoms with Crippen LogP contribution in [0.25, 0.3) is 0 Å². The number of benzene rings is 1. The average molecular weight is 279 g/mol. The van der Waals surface area contributed by atoms with Crippen LogP contribution < -0.4 is 5.32 Å². The molecule has 0 aliphatic rings. The van der Waals surface area contributed by atoms with Crippen molar-refractivity contribution < 1.29 is 23.5 Å². The number of rotatable bonds is 4. The highest BCUT2D eigenvalue weighted by Crippen LogP contribution is 2.16. The second-order valence-electron chi connectivity index (χ2n) is 3.71. The first-order valence-corrected chi connectivity index (χ1v) is 5.64. The van der Waals surface area contributed by atoms with Crippen LogP contribution in [-0.2, 0) is 9.47 Å². The zero-order valence-electron chi connectivity index (χ0n) is 11.1. The lowest BCUT2D eigenvalue weighted by Crippen LogP contribution is -2.13. The van der Waals surface area contributed by atoms with Crippen LogP contribution in [0.5, 0.6) is 0 Å². The normalized spacial score (nSPS) is 10.7. The van der Waals surface area contributed by atoms with Gasteiger partial charge >= 0.3 is 12.1 Å². The van der Waals surface area contributed by atoms with Gasteiger partial charge in [-0.2, -0.15) is 0 Å². The van der Waals surface area contributed by atoms with Crippen LogP contribution >= 0.6 is 0 Å². The molecule has 0 atom stereocenters. The van der Waals surface area contributed by atoms with Crippen LogP contribution in [-0.4, -0.2) is 19.2 Å². The van der Waals surface area contributed by atoms with E-state index in [9.17, 15) is 14.0 Å². The Morgan fingerprint density at radius 1 is 1.40 bits per heavy atom. The Balaban J connectivity index is 2.77. The predicted octanol–water partition coefficient (Wildman–Crippen LogP) is 3.25. The topological polar surface area (TPSA) is 64.6 Å². The molecule has 1 aromatic carbocycles. The number of ether oxygens (including phenoxy) is 2. The molecule has 20 heavy (non-hydrogen) atoms. The van der Waals surface area contributed by atoms with Gasteiger partial charge in [-0.25, -0.2) is 14.0 Å². The fourth-order valence-electron chi connectivity index (χ4n) is 1.36. The first-order valence-electron chi connectivity index (χ1n) is 5.64. The summed E-state index contributed by atoms with van der Waals surface area (Å²) in [6.45, 7) is 5.03. The molecule has 0 spiro atoms. The number of allylic oxidation sites excluding steroid dienone is 3. The summed E-state index contributed by atoms with van der Waals surface area (Å²) in [5.41, 5.74) is -0.0549. The molecule has 0 saturated carbocycles. The summed E-state index contributed by atoms with van der Waals surface area (Å²) in [7, 11) is 1.15. The molecule has 1 N–H and O–H groups in total. The first-order chi connectivity index (χ1) is 9.47. The maximum atomic E-state index is 13.6. The van der Waals surface area contributed by atoms with Crippen LogP contribution in [0.1, 0.15) is 17.3 Å². The Kier molecular flexibility index (Phi) is 5.46. The van der Waals surface area contributed by atoms with E-state index in [2.05, 4.69) is 16.6 Å². The second kappa shape index (κ2) is 7.08. The number of carbonyl (C=O) groups is 2. The summed E-state index contributed by atoms with van der Waals surface area (Å²) in [5, 5.41) is 2.33. The van der Waals surface area contributed by atoms with E-state index in [-0.39, 0.29) is 11.3 Å². The number of halogens is 1. The Labute approximate surface area is 115 Å². The molecule has 0 aromatic heterocycles. The summed E-state index contributed by atoms with van der Waals surface area (Å²) in [4.78, 5) is 22.7. The molecule has 1 rings (SSSR count). The highest BCUT2D eigenvalue weighted by Gasteiger charge is 2.13. The van der Waals surface area contributed by atoms with Crippen molar-refractivity contribution in [2.75, 3.05) is 12.4 Å². The van der Waals surface area contributed by atoms with Crippen molar-refractivity contribution in [2.45, 2.75) is 6.92 Å². The van der Waals surface area contributed by atoms with Crippen LogP contribution in [0, 0.1) is 5.82 Å². The second-order valence-corrected chi connectivity index (χ2v) is 3.71. The molecule has 6 heteroatoms. The van der Waals surface area contributed by atoms with E-state index in [1.54, 1.807) is 6.92 Å². The third kappa shape index (κ3) is 4.24. The quantitative estimate of drug-likeness (QED) is 0.522. The molecular formula is C14H14FNO4. The Hall–Kier alpha value is -2.63. The maximum absolute atomic E-state index is 13.6. The van der Waals surface area contributed by atoms with Gasteiger partial charge in [0.15, 0.2) is 0 Å². The van der Waals surface area contributed by atoms with Gasteiger partial charge in [-0.05, 0) is 31.2 Å². The molecule has 106 valence electrons. The number of methoxy groups -OCH3 is 1. The van der Waals surface area contributed by atoms with Crippen molar-refractivity contribution in [3.05, 3.63) is 54.1 Å².